The molecule has 1 fully saturated rings. The predicted molar refractivity (Wildman–Crippen MR) is 312 cm³/mol. The summed E-state index contributed by atoms with van der Waals surface area (Å²) in [5.41, 5.74) is 3.97. The molecular weight excluding hydrogens is 1140 g/mol. The van der Waals surface area contributed by atoms with Gasteiger partial charge in [-0.05, 0) is 84.8 Å². The number of furan rings is 2. The van der Waals surface area contributed by atoms with E-state index in [0.717, 1.165) is 27.5 Å². The first-order valence-corrected chi connectivity index (χ1v) is 30.2. The Balaban J connectivity index is 0.859. The van der Waals surface area contributed by atoms with Crippen molar-refractivity contribution in [1.29, 1.82) is 0 Å². The van der Waals surface area contributed by atoms with Crippen LogP contribution in [0.25, 0.3) is 89.0 Å². The van der Waals surface area contributed by atoms with Crippen molar-refractivity contribution in [2.45, 2.75) is 26.4 Å². The number of likely N-dealkylation sites (tertiary alicyclic amines) is 1. The number of ether oxygens (including phenoxy) is 2. The van der Waals surface area contributed by atoms with Gasteiger partial charge in [0.05, 0.1) is 68.8 Å². The van der Waals surface area contributed by atoms with Crippen LogP contribution < -0.4 is 28.7 Å². The third-order valence-corrected chi connectivity index (χ3v) is 18.3. The normalized spacial score (nSPS) is 13.6. The number of anilines is 2. The SMILES string of the molecule is CNC(=O)c1c(C(=O)N(C)Cc2cc(F)c3cc4n(c3c2)COc2ccc(-c3cc5c(C(=O)NC)c(C(=O)N6CCC6)oc5cc3N(C)S(C)(=O)=O)nc2-4)oc2cc(N(C)S(C)(=O)=O)c(-c3ccc4c(n3)-c3cc5c(F)cccc5n3CO4)cc12. The summed E-state index contributed by atoms with van der Waals surface area (Å²) in [4.78, 5) is 68.4. The molecule has 4 aromatic carbocycles. The summed E-state index contributed by atoms with van der Waals surface area (Å²) in [5, 5.41) is 6.08. The molecule has 0 aliphatic carbocycles. The average Bonchev–Trinajstić information content (AvgIpc) is 1.81. The third kappa shape index (κ3) is 8.75. The van der Waals surface area contributed by atoms with E-state index in [-0.39, 0.29) is 104 Å². The number of nitrogens with zero attached hydrogens (tertiary/aromatic N) is 8. The monoisotopic (exact) mass is 1190 g/mol. The quantitative estimate of drug-likeness (QED) is 0.117. The van der Waals surface area contributed by atoms with Gasteiger partial charge in [-0.15, -0.1) is 0 Å². The van der Waals surface area contributed by atoms with E-state index in [9.17, 15) is 36.0 Å². The number of hydrogen-bond donors (Lipinski definition) is 2. The van der Waals surface area contributed by atoms with Gasteiger partial charge in [-0.3, -0.25) is 27.8 Å². The first-order chi connectivity index (χ1) is 40.5. The summed E-state index contributed by atoms with van der Waals surface area (Å²) in [6.45, 7) is 0.766. The Hall–Kier alpha value is -9.82. The molecule has 2 N–H and O–H groups in total. The second-order valence-corrected chi connectivity index (χ2v) is 25.0. The maximum Gasteiger partial charge on any atom is 0.290 e. The van der Waals surface area contributed by atoms with Crippen molar-refractivity contribution in [3.63, 3.8) is 0 Å². The molecule has 1 saturated heterocycles. The predicted octanol–water partition coefficient (Wildman–Crippen LogP) is 8.15. The average molecular weight is 1190 g/mol. The van der Waals surface area contributed by atoms with Crippen molar-refractivity contribution in [2.75, 3.05) is 69.4 Å². The maximum atomic E-state index is 16.6. The number of fused-ring (bicyclic) bond motifs is 12. The van der Waals surface area contributed by atoms with Crippen LogP contribution in [0.3, 0.4) is 0 Å². The van der Waals surface area contributed by atoms with Gasteiger partial charge in [0.2, 0.25) is 31.6 Å². The lowest BCUT2D eigenvalue weighted by Gasteiger charge is -2.30. The molecular formula is C59H50F2N10O12S2. The number of sulfonamides is 2. The fourth-order valence-corrected chi connectivity index (χ4v) is 12.2. The number of amides is 4. The Morgan fingerprint density at radius 2 is 1.12 bits per heavy atom. The van der Waals surface area contributed by atoms with Crippen molar-refractivity contribution in [3.05, 3.63) is 131 Å². The molecule has 85 heavy (non-hydrogen) atoms. The molecule has 26 heteroatoms. The lowest BCUT2D eigenvalue weighted by molar-refractivity contribution is 0.0616. The van der Waals surface area contributed by atoms with Gasteiger partial charge in [-0.1, -0.05) is 6.07 Å². The topological polar surface area (TPSA) is 254 Å². The summed E-state index contributed by atoms with van der Waals surface area (Å²) < 4.78 is 114. The zero-order valence-electron chi connectivity index (χ0n) is 46.5. The number of carbonyl (C=O) groups is 4. The van der Waals surface area contributed by atoms with Crippen LogP contribution in [0.5, 0.6) is 11.5 Å². The Morgan fingerprint density at radius 1 is 0.612 bits per heavy atom. The van der Waals surface area contributed by atoms with Crippen LogP contribution in [0, 0.1) is 11.6 Å². The summed E-state index contributed by atoms with van der Waals surface area (Å²) in [6.07, 6.45) is 2.83. The molecule has 10 aromatic rings. The van der Waals surface area contributed by atoms with Crippen LogP contribution >= 0.6 is 0 Å². The molecule has 9 heterocycles. The van der Waals surface area contributed by atoms with E-state index in [1.807, 2.05) is 0 Å². The lowest BCUT2D eigenvalue weighted by Crippen LogP contribution is -2.42. The number of hydrogen-bond acceptors (Lipinski definition) is 14. The first kappa shape index (κ1) is 54.4. The fourth-order valence-electron chi connectivity index (χ4n) is 11.2. The summed E-state index contributed by atoms with van der Waals surface area (Å²) in [5.74, 6) is -3.49. The molecule has 0 spiro atoms. The van der Waals surface area contributed by atoms with Crippen molar-refractivity contribution >= 4 is 98.8 Å². The largest absolute Gasteiger partial charge is 0.470 e. The number of carbonyl (C=O) groups excluding carboxylic acids is 4. The van der Waals surface area contributed by atoms with Crippen LogP contribution in [0.2, 0.25) is 0 Å². The summed E-state index contributed by atoms with van der Waals surface area (Å²) in [6, 6.07) is 23.4. The maximum absolute atomic E-state index is 16.6. The van der Waals surface area contributed by atoms with Crippen molar-refractivity contribution in [3.8, 4) is 56.8 Å². The van der Waals surface area contributed by atoms with E-state index in [4.69, 9.17) is 28.3 Å². The van der Waals surface area contributed by atoms with E-state index in [1.54, 1.807) is 74.7 Å². The Kier molecular flexibility index (Phi) is 12.6. The first-order valence-electron chi connectivity index (χ1n) is 26.5. The zero-order chi connectivity index (χ0) is 59.9. The van der Waals surface area contributed by atoms with E-state index < -0.39 is 61.1 Å². The highest BCUT2D eigenvalue weighted by Gasteiger charge is 2.35. The summed E-state index contributed by atoms with van der Waals surface area (Å²) >= 11 is 0. The Labute approximate surface area is 482 Å². The molecule has 0 unspecified atom stereocenters. The Morgan fingerprint density at radius 3 is 1.62 bits per heavy atom. The molecule has 0 radical (unpaired) electrons. The molecule has 6 aromatic heterocycles. The molecule has 4 amide bonds. The molecule has 13 rings (SSSR count). The van der Waals surface area contributed by atoms with E-state index in [1.165, 1.54) is 70.5 Å². The van der Waals surface area contributed by atoms with Crippen LogP contribution in [-0.4, -0.2) is 130 Å². The van der Waals surface area contributed by atoms with Crippen LogP contribution in [0.15, 0.2) is 99.8 Å². The lowest BCUT2D eigenvalue weighted by atomic mass is 10.0. The number of nitrogens with one attached hydrogen (secondary N) is 2. The van der Waals surface area contributed by atoms with Gasteiger partial charge in [0, 0.05) is 99.7 Å². The number of rotatable bonds is 12. The second kappa shape index (κ2) is 19.7. The van der Waals surface area contributed by atoms with E-state index >= 15 is 8.78 Å². The van der Waals surface area contributed by atoms with Crippen molar-refractivity contribution < 1.29 is 63.1 Å². The minimum Gasteiger partial charge on any atom is -0.470 e. The highest BCUT2D eigenvalue weighted by molar-refractivity contribution is 7.92. The molecule has 0 bridgehead atoms. The van der Waals surface area contributed by atoms with Crippen LogP contribution in [0.4, 0.5) is 20.2 Å². The van der Waals surface area contributed by atoms with Crippen molar-refractivity contribution in [2.24, 2.45) is 0 Å². The number of pyridine rings is 2. The second-order valence-electron chi connectivity index (χ2n) is 21.0. The smallest absolute Gasteiger partial charge is 0.290 e. The minimum absolute atomic E-state index is 0.0108. The molecule has 0 atom stereocenters. The molecule has 3 aliphatic rings. The molecule has 0 saturated carbocycles. The van der Waals surface area contributed by atoms with Gasteiger partial charge < -0.3 is 47.9 Å². The van der Waals surface area contributed by atoms with E-state index in [0.29, 0.717) is 63.7 Å². The van der Waals surface area contributed by atoms with Crippen molar-refractivity contribution in [1.82, 2.24) is 39.5 Å². The van der Waals surface area contributed by atoms with Gasteiger partial charge in [-0.2, -0.15) is 0 Å². The summed E-state index contributed by atoms with van der Waals surface area (Å²) in [7, 11) is -0.941. The van der Waals surface area contributed by atoms with Gasteiger partial charge in [0.25, 0.3) is 23.6 Å². The van der Waals surface area contributed by atoms with Gasteiger partial charge in [0.1, 0.15) is 45.7 Å². The van der Waals surface area contributed by atoms with Crippen LogP contribution in [-0.2, 0) is 40.1 Å². The van der Waals surface area contributed by atoms with Crippen LogP contribution in [0.1, 0.15) is 53.8 Å². The highest BCUT2D eigenvalue weighted by Crippen LogP contribution is 2.46. The van der Waals surface area contributed by atoms with Gasteiger partial charge >= 0.3 is 0 Å². The fraction of sp³-hybridized carbons (Fsp3) is 0.220. The highest BCUT2D eigenvalue weighted by atomic mass is 32.2. The zero-order valence-corrected chi connectivity index (χ0v) is 48.1. The minimum atomic E-state index is -3.95. The van der Waals surface area contributed by atoms with Gasteiger partial charge in [0.15, 0.2) is 13.5 Å². The third-order valence-electron chi connectivity index (χ3n) is 15.9. The standard InChI is InChI=1S/C59H50F2N10O12S2/c1-62-56(72)50-34-20-32(38-12-14-46-52(64-38)44-22-30-36(60)10-8-11-40(30)70(44)27-80-46)41(67(4)84(6,76)77)24-48(34)82-54(50)58(74)66(3)26-29-18-37(61)31-23-45-53-47(81-28-71(45)43(31)19-29)15-13-39(65-53)33-21-35-49(25-42(33)68(5)85(7,78)79)83-55(51(35)57(73)63-2)59(75)69-16-9-17-69/h8,10-15,18-25H,9,16-17,26-28H2,1-7H3,(H,62,72)(H,63,73). The molecule has 3 aliphatic heterocycles. The van der Waals surface area contributed by atoms with Gasteiger partial charge in [-0.25, -0.2) is 35.6 Å². The molecule has 22 nitrogen and oxygen atoms in total. The number of benzene rings is 4. The van der Waals surface area contributed by atoms with E-state index in [2.05, 4.69) is 10.6 Å². The number of aromatic nitrogens is 4. The molecule has 434 valence electrons. The Bertz CT molecular complexity index is 4850. The number of halogens is 2.